The zero-order valence-corrected chi connectivity index (χ0v) is 10.7. The van der Waals surface area contributed by atoms with Crippen LogP contribution in [0.1, 0.15) is 52.4 Å². The van der Waals surface area contributed by atoms with Crippen LogP contribution in [0, 0.1) is 5.92 Å². The average Bonchev–Trinajstić information content (AvgIpc) is 2.36. The summed E-state index contributed by atoms with van der Waals surface area (Å²) < 4.78 is 10.1. The van der Waals surface area contributed by atoms with Crippen molar-refractivity contribution in [3.8, 4) is 0 Å². The second-order valence-electron chi connectivity index (χ2n) is 4.67. The quantitative estimate of drug-likeness (QED) is 0.695. The molecule has 17 heavy (non-hydrogen) atoms. The molecule has 1 fully saturated rings. The van der Waals surface area contributed by atoms with E-state index >= 15 is 0 Å². The van der Waals surface area contributed by atoms with Gasteiger partial charge in [0.1, 0.15) is 6.10 Å². The first kappa shape index (κ1) is 14.0. The Kier molecular flexibility index (Phi) is 6.01. The topological polar surface area (TPSA) is 52.6 Å². The SMILES string of the molecule is CCC(C)C(=O)OCC(=O)OC1CCCCC1. The predicted molar refractivity (Wildman–Crippen MR) is 63.4 cm³/mol. The fourth-order valence-corrected chi connectivity index (χ4v) is 1.84. The Morgan fingerprint density at radius 3 is 2.47 bits per heavy atom. The van der Waals surface area contributed by atoms with Gasteiger partial charge in [-0.15, -0.1) is 0 Å². The normalized spacial score (nSPS) is 18.5. The van der Waals surface area contributed by atoms with E-state index in [4.69, 9.17) is 9.47 Å². The summed E-state index contributed by atoms with van der Waals surface area (Å²) in [5.41, 5.74) is 0. The molecule has 98 valence electrons. The molecule has 0 amide bonds. The predicted octanol–water partition coefficient (Wildman–Crippen LogP) is 2.45. The maximum Gasteiger partial charge on any atom is 0.344 e. The molecule has 1 aliphatic rings. The van der Waals surface area contributed by atoms with Crippen LogP contribution in [0.3, 0.4) is 0 Å². The number of ether oxygens (including phenoxy) is 2. The van der Waals surface area contributed by atoms with E-state index in [-0.39, 0.29) is 24.6 Å². The van der Waals surface area contributed by atoms with E-state index in [9.17, 15) is 9.59 Å². The molecule has 0 saturated heterocycles. The summed E-state index contributed by atoms with van der Waals surface area (Å²) in [5.74, 6) is -0.904. The fraction of sp³-hybridized carbons (Fsp3) is 0.846. The van der Waals surface area contributed by atoms with Gasteiger partial charge in [0.25, 0.3) is 0 Å². The van der Waals surface area contributed by atoms with E-state index in [1.165, 1.54) is 6.42 Å². The third-order valence-corrected chi connectivity index (χ3v) is 3.20. The second kappa shape index (κ2) is 7.30. The lowest BCUT2D eigenvalue weighted by atomic mass is 9.98. The lowest BCUT2D eigenvalue weighted by molar-refractivity contribution is -0.165. The minimum Gasteiger partial charge on any atom is -0.460 e. The lowest BCUT2D eigenvalue weighted by Gasteiger charge is -2.21. The van der Waals surface area contributed by atoms with Crippen molar-refractivity contribution in [3.05, 3.63) is 0 Å². The standard InChI is InChI=1S/C13H22O4/c1-3-10(2)13(15)16-9-12(14)17-11-7-5-4-6-8-11/h10-11H,3-9H2,1-2H3. The van der Waals surface area contributed by atoms with Gasteiger partial charge in [0.15, 0.2) is 6.61 Å². The molecule has 0 aromatic rings. The van der Waals surface area contributed by atoms with Gasteiger partial charge < -0.3 is 9.47 Å². The third-order valence-electron chi connectivity index (χ3n) is 3.20. The van der Waals surface area contributed by atoms with Gasteiger partial charge in [-0.3, -0.25) is 4.79 Å². The van der Waals surface area contributed by atoms with E-state index in [1.54, 1.807) is 6.92 Å². The molecule has 4 nitrogen and oxygen atoms in total. The Hall–Kier alpha value is -1.06. The number of carbonyl (C=O) groups is 2. The molecule has 0 spiro atoms. The number of hydrogen-bond acceptors (Lipinski definition) is 4. The van der Waals surface area contributed by atoms with Crippen LogP contribution in [0.25, 0.3) is 0 Å². The molecule has 0 aromatic heterocycles. The van der Waals surface area contributed by atoms with Gasteiger partial charge in [-0.25, -0.2) is 4.79 Å². The van der Waals surface area contributed by atoms with Crippen molar-refractivity contribution in [1.29, 1.82) is 0 Å². The fourth-order valence-electron chi connectivity index (χ4n) is 1.84. The van der Waals surface area contributed by atoms with Crippen molar-refractivity contribution < 1.29 is 19.1 Å². The average molecular weight is 242 g/mol. The molecule has 0 heterocycles. The van der Waals surface area contributed by atoms with Gasteiger partial charge in [0.2, 0.25) is 0 Å². The van der Waals surface area contributed by atoms with Gasteiger partial charge in [-0.1, -0.05) is 20.3 Å². The van der Waals surface area contributed by atoms with E-state index in [2.05, 4.69) is 0 Å². The number of esters is 2. The highest BCUT2D eigenvalue weighted by Gasteiger charge is 2.19. The van der Waals surface area contributed by atoms with Crippen LogP contribution < -0.4 is 0 Å². The summed E-state index contributed by atoms with van der Waals surface area (Å²) in [5, 5.41) is 0. The molecule has 1 unspecified atom stereocenters. The summed E-state index contributed by atoms with van der Waals surface area (Å²) in [7, 11) is 0. The summed E-state index contributed by atoms with van der Waals surface area (Å²) >= 11 is 0. The van der Waals surface area contributed by atoms with Gasteiger partial charge in [0.05, 0.1) is 5.92 Å². The summed E-state index contributed by atoms with van der Waals surface area (Å²) in [6, 6.07) is 0. The monoisotopic (exact) mass is 242 g/mol. The Morgan fingerprint density at radius 2 is 1.88 bits per heavy atom. The molecule has 1 rings (SSSR count). The van der Waals surface area contributed by atoms with Crippen molar-refractivity contribution in [3.63, 3.8) is 0 Å². The molecule has 1 aliphatic carbocycles. The van der Waals surface area contributed by atoms with Crippen LogP contribution in [-0.4, -0.2) is 24.6 Å². The number of rotatable bonds is 5. The third kappa shape index (κ3) is 5.20. The van der Waals surface area contributed by atoms with Crippen LogP contribution in [0.5, 0.6) is 0 Å². The van der Waals surface area contributed by atoms with Gasteiger partial charge in [-0.05, 0) is 32.1 Å². The van der Waals surface area contributed by atoms with E-state index in [0.29, 0.717) is 0 Å². The molecule has 1 saturated carbocycles. The molecular formula is C13H22O4. The van der Waals surface area contributed by atoms with Crippen LogP contribution in [0.4, 0.5) is 0 Å². The van der Waals surface area contributed by atoms with Crippen LogP contribution in [-0.2, 0) is 19.1 Å². The maximum absolute atomic E-state index is 11.4. The molecular weight excluding hydrogens is 220 g/mol. The molecule has 1 atom stereocenters. The molecule has 4 heteroatoms. The molecule has 0 aromatic carbocycles. The van der Waals surface area contributed by atoms with E-state index < -0.39 is 5.97 Å². The largest absolute Gasteiger partial charge is 0.460 e. The van der Waals surface area contributed by atoms with Crippen molar-refractivity contribution in [2.45, 2.75) is 58.5 Å². The van der Waals surface area contributed by atoms with Gasteiger partial charge in [-0.2, -0.15) is 0 Å². The van der Waals surface area contributed by atoms with Crippen LogP contribution >= 0.6 is 0 Å². The molecule has 0 aliphatic heterocycles. The summed E-state index contributed by atoms with van der Waals surface area (Å²) in [6.45, 7) is 3.45. The number of hydrogen-bond donors (Lipinski definition) is 0. The Morgan fingerprint density at radius 1 is 1.24 bits per heavy atom. The molecule has 0 radical (unpaired) electrons. The molecule has 0 N–H and O–H groups in total. The molecule has 0 bridgehead atoms. The zero-order chi connectivity index (χ0) is 12.7. The van der Waals surface area contributed by atoms with Crippen LogP contribution in [0.15, 0.2) is 0 Å². The van der Waals surface area contributed by atoms with Gasteiger partial charge in [0, 0.05) is 0 Å². The Bertz CT molecular complexity index is 256. The van der Waals surface area contributed by atoms with Gasteiger partial charge >= 0.3 is 11.9 Å². The van der Waals surface area contributed by atoms with E-state index in [1.807, 2.05) is 6.92 Å². The smallest absolute Gasteiger partial charge is 0.344 e. The minimum absolute atomic E-state index is 0.0264. The minimum atomic E-state index is -0.423. The second-order valence-corrected chi connectivity index (χ2v) is 4.67. The Balaban J connectivity index is 2.18. The summed E-state index contributed by atoms with van der Waals surface area (Å²) in [4.78, 5) is 22.8. The Labute approximate surface area is 103 Å². The lowest BCUT2D eigenvalue weighted by Crippen LogP contribution is -2.26. The highest BCUT2D eigenvalue weighted by molar-refractivity contribution is 5.77. The first-order valence-electron chi connectivity index (χ1n) is 6.49. The first-order valence-corrected chi connectivity index (χ1v) is 6.49. The maximum atomic E-state index is 11.4. The highest BCUT2D eigenvalue weighted by Crippen LogP contribution is 2.20. The van der Waals surface area contributed by atoms with Crippen molar-refractivity contribution >= 4 is 11.9 Å². The highest BCUT2D eigenvalue weighted by atomic mass is 16.6. The van der Waals surface area contributed by atoms with Crippen molar-refractivity contribution in [1.82, 2.24) is 0 Å². The van der Waals surface area contributed by atoms with Crippen molar-refractivity contribution in [2.75, 3.05) is 6.61 Å². The number of carbonyl (C=O) groups excluding carboxylic acids is 2. The zero-order valence-electron chi connectivity index (χ0n) is 10.7. The van der Waals surface area contributed by atoms with Crippen LogP contribution in [0.2, 0.25) is 0 Å². The summed E-state index contributed by atoms with van der Waals surface area (Å²) in [6.07, 6.45) is 6.07. The van der Waals surface area contributed by atoms with Crippen molar-refractivity contribution in [2.24, 2.45) is 5.92 Å². The first-order chi connectivity index (χ1) is 8.13. The van der Waals surface area contributed by atoms with E-state index in [0.717, 1.165) is 32.1 Å².